The Hall–Kier alpha value is -1.81. The zero-order valence-corrected chi connectivity index (χ0v) is 12.1. The Labute approximate surface area is 118 Å². The van der Waals surface area contributed by atoms with Crippen LogP contribution in [-0.2, 0) is 6.54 Å². The average Bonchev–Trinajstić information content (AvgIpc) is 2.38. The van der Waals surface area contributed by atoms with Gasteiger partial charge in [-0.15, -0.1) is 0 Å². The van der Waals surface area contributed by atoms with E-state index in [2.05, 4.69) is 26.3 Å². The van der Waals surface area contributed by atoms with E-state index in [1.54, 1.807) is 0 Å². The summed E-state index contributed by atoms with van der Waals surface area (Å²) in [5.41, 5.74) is 1.15. The molecule has 100 valence electrons. The van der Waals surface area contributed by atoms with Crippen molar-refractivity contribution in [2.24, 2.45) is 0 Å². The van der Waals surface area contributed by atoms with E-state index in [1.165, 1.54) is 0 Å². The van der Waals surface area contributed by atoms with Crippen molar-refractivity contribution in [2.45, 2.75) is 13.5 Å². The quantitative estimate of drug-likeness (QED) is 0.932. The maximum atomic E-state index is 5.99. The molecule has 0 aliphatic heterocycles. The summed E-state index contributed by atoms with van der Waals surface area (Å²) in [6.07, 6.45) is 0. The van der Waals surface area contributed by atoms with Crippen LogP contribution in [0.25, 0.3) is 0 Å². The second kappa shape index (κ2) is 5.89. The Bertz CT molecular complexity index is 571. The van der Waals surface area contributed by atoms with E-state index in [0.717, 1.165) is 34.6 Å². The van der Waals surface area contributed by atoms with Crippen LogP contribution in [0.5, 0.6) is 0 Å². The van der Waals surface area contributed by atoms with Gasteiger partial charge < -0.3 is 10.2 Å². The van der Waals surface area contributed by atoms with Crippen molar-refractivity contribution < 1.29 is 0 Å². The van der Waals surface area contributed by atoms with Gasteiger partial charge in [-0.1, -0.05) is 23.7 Å². The number of halogens is 1. The minimum atomic E-state index is 0.750. The zero-order chi connectivity index (χ0) is 13.8. The zero-order valence-electron chi connectivity index (χ0n) is 11.3. The maximum absolute atomic E-state index is 5.99. The Kier molecular flexibility index (Phi) is 4.22. The summed E-state index contributed by atoms with van der Waals surface area (Å²) in [7, 11) is 3.85. The lowest BCUT2D eigenvalue weighted by Crippen LogP contribution is -2.18. The van der Waals surface area contributed by atoms with Gasteiger partial charge in [0, 0.05) is 31.7 Å². The largest absolute Gasteiger partial charge is 0.373 e. The molecule has 1 aromatic carbocycles. The van der Waals surface area contributed by atoms with E-state index in [4.69, 9.17) is 11.6 Å². The van der Waals surface area contributed by atoms with Crippen molar-refractivity contribution >= 4 is 23.2 Å². The second-order valence-corrected chi connectivity index (χ2v) is 4.83. The molecule has 0 saturated heterocycles. The van der Waals surface area contributed by atoms with Gasteiger partial charge in [0.1, 0.15) is 17.5 Å². The van der Waals surface area contributed by atoms with Gasteiger partial charge in [-0.25, -0.2) is 9.97 Å². The summed E-state index contributed by atoms with van der Waals surface area (Å²) in [6.45, 7) is 2.64. The molecule has 0 amide bonds. The molecule has 0 unspecified atom stereocenters. The monoisotopic (exact) mass is 276 g/mol. The molecule has 0 aliphatic carbocycles. The fraction of sp³-hybridized carbons (Fsp3) is 0.286. The van der Waals surface area contributed by atoms with Crippen LogP contribution in [0.3, 0.4) is 0 Å². The van der Waals surface area contributed by atoms with E-state index in [0.29, 0.717) is 0 Å². The smallest absolute Gasteiger partial charge is 0.134 e. The highest BCUT2D eigenvalue weighted by molar-refractivity contribution is 6.30. The van der Waals surface area contributed by atoms with Gasteiger partial charge in [-0.2, -0.15) is 0 Å². The highest BCUT2D eigenvalue weighted by atomic mass is 35.5. The molecule has 0 saturated carbocycles. The normalized spacial score (nSPS) is 10.3. The number of nitrogens with one attached hydrogen (secondary N) is 1. The van der Waals surface area contributed by atoms with Crippen LogP contribution >= 0.6 is 11.6 Å². The van der Waals surface area contributed by atoms with Gasteiger partial charge in [0.25, 0.3) is 0 Å². The van der Waals surface area contributed by atoms with Crippen LogP contribution < -0.4 is 10.2 Å². The highest BCUT2D eigenvalue weighted by Gasteiger charge is 2.07. The number of nitrogens with zero attached hydrogens (tertiary/aromatic N) is 3. The van der Waals surface area contributed by atoms with Gasteiger partial charge in [0.15, 0.2) is 0 Å². The van der Waals surface area contributed by atoms with E-state index >= 15 is 0 Å². The number of hydrogen-bond acceptors (Lipinski definition) is 4. The average molecular weight is 277 g/mol. The lowest BCUT2D eigenvalue weighted by molar-refractivity contribution is 0.880. The molecular weight excluding hydrogens is 260 g/mol. The Balaban J connectivity index is 2.20. The number of aromatic nitrogens is 2. The molecule has 0 fully saturated rings. The van der Waals surface area contributed by atoms with Crippen molar-refractivity contribution in [1.29, 1.82) is 0 Å². The van der Waals surface area contributed by atoms with Crippen LogP contribution in [0.1, 0.15) is 11.4 Å². The summed E-state index contributed by atoms with van der Waals surface area (Å²) in [5, 5.41) is 3.79. The molecule has 1 N–H and O–H groups in total. The van der Waals surface area contributed by atoms with Crippen molar-refractivity contribution in [2.75, 3.05) is 24.3 Å². The highest BCUT2D eigenvalue weighted by Crippen LogP contribution is 2.18. The minimum Gasteiger partial charge on any atom is -0.373 e. The standard InChI is InChI=1S/C14H17ClN4/c1-10-17-13(16-2)8-14(18-10)19(3)9-11-5-4-6-12(15)7-11/h4-8H,9H2,1-3H3,(H,16,17,18). The second-order valence-electron chi connectivity index (χ2n) is 4.39. The van der Waals surface area contributed by atoms with Crippen molar-refractivity contribution in [1.82, 2.24) is 9.97 Å². The molecule has 2 rings (SSSR count). The molecule has 2 aromatic rings. The summed E-state index contributed by atoms with van der Waals surface area (Å²) in [5.74, 6) is 2.46. The van der Waals surface area contributed by atoms with Gasteiger partial charge in [0.05, 0.1) is 0 Å². The predicted octanol–water partition coefficient (Wildman–Crippen LogP) is 3.12. The number of rotatable bonds is 4. The maximum Gasteiger partial charge on any atom is 0.134 e. The van der Waals surface area contributed by atoms with E-state index in [-0.39, 0.29) is 0 Å². The Morgan fingerprint density at radius 2 is 2.05 bits per heavy atom. The molecule has 0 aliphatic rings. The molecule has 4 nitrogen and oxygen atoms in total. The van der Waals surface area contributed by atoms with Crippen LogP contribution in [0, 0.1) is 6.92 Å². The third kappa shape index (κ3) is 3.58. The molecule has 19 heavy (non-hydrogen) atoms. The van der Waals surface area contributed by atoms with Gasteiger partial charge in [-0.3, -0.25) is 0 Å². The molecule has 0 spiro atoms. The predicted molar refractivity (Wildman–Crippen MR) is 79.9 cm³/mol. The first-order valence-corrected chi connectivity index (χ1v) is 6.45. The SMILES string of the molecule is CNc1cc(N(C)Cc2cccc(Cl)c2)nc(C)n1. The summed E-state index contributed by atoms with van der Waals surface area (Å²) >= 11 is 5.99. The molecule has 5 heteroatoms. The number of benzene rings is 1. The first-order valence-electron chi connectivity index (χ1n) is 6.07. The first-order chi connectivity index (χ1) is 9.08. The molecule has 0 bridgehead atoms. The number of hydrogen-bond donors (Lipinski definition) is 1. The number of anilines is 2. The van der Waals surface area contributed by atoms with Crippen LogP contribution in [-0.4, -0.2) is 24.1 Å². The molecule has 1 heterocycles. The molecule has 0 radical (unpaired) electrons. The van der Waals surface area contributed by atoms with E-state index in [1.807, 2.05) is 45.3 Å². The van der Waals surface area contributed by atoms with Crippen LogP contribution in [0.15, 0.2) is 30.3 Å². The third-order valence-electron chi connectivity index (χ3n) is 2.78. The van der Waals surface area contributed by atoms with Crippen LogP contribution in [0.2, 0.25) is 5.02 Å². The van der Waals surface area contributed by atoms with Crippen molar-refractivity contribution in [3.8, 4) is 0 Å². The van der Waals surface area contributed by atoms with E-state index in [9.17, 15) is 0 Å². The van der Waals surface area contributed by atoms with Gasteiger partial charge >= 0.3 is 0 Å². The molecule has 1 aromatic heterocycles. The summed E-state index contributed by atoms with van der Waals surface area (Å²) in [4.78, 5) is 10.8. The third-order valence-corrected chi connectivity index (χ3v) is 3.02. The fourth-order valence-electron chi connectivity index (χ4n) is 1.87. The molecular formula is C14H17ClN4. The van der Waals surface area contributed by atoms with Crippen LogP contribution in [0.4, 0.5) is 11.6 Å². The summed E-state index contributed by atoms with van der Waals surface area (Å²) < 4.78 is 0. The topological polar surface area (TPSA) is 41.0 Å². The first kappa shape index (κ1) is 13.6. The van der Waals surface area contributed by atoms with Gasteiger partial charge in [-0.05, 0) is 24.6 Å². The fourth-order valence-corrected chi connectivity index (χ4v) is 2.08. The van der Waals surface area contributed by atoms with Crippen molar-refractivity contribution in [3.63, 3.8) is 0 Å². The van der Waals surface area contributed by atoms with Gasteiger partial charge in [0.2, 0.25) is 0 Å². The minimum absolute atomic E-state index is 0.750. The Morgan fingerprint density at radius 3 is 2.74 bits per heavy atom. The lowest BCUT2D eigenvalue weighted by atomic mass is 10.2. The van der Waals surface area contributed by atoms with E-state index < -0.39 is 0 Å². The molecule has 0 atom stereocenters. The Morgan fingerprint density at radius 1 is 1.26 bits per heavy atom. The lowest BCUT2D eigenvalue weighted by Gasteiger charge is -2.19. The number of aryl methyl sites for hydroxylation is 1. The summed E-state index contributed by atoms with van der Waals surface area (Å²) in [6, 6.07) is 9.77. The van der Waals surface area contributed by atoms with Crippen molar-refractivity contribution in [3.05, 3.63) is 46.7 Å².